The third-order valence-corrected chi connectivity index (χ3v) is 5.29. The second-order valence-corrected chi connectivity index (χ2v) is 9.25. The molecule has 1 heterocycles. The first kappa shape index (κ1) is 24.2. The van der Waals surface area contributed by atoms with Crippen LogP contribution in [0.1, 0.15) is 55.6 Å². The Bertz CT molecular complexity index is 1100. The highest BCUT2D eigenvalue weighted by molar-refractivity contribution is 5.92. The number of carbonyl (C=O) groups excluding carboxylic acids is 1. The molecule has 0 aromatic heterocycles. The van der Waals surface area contributed by atoms with Gasteiger partial charge in [0.1, 0.15) is 11.4 Å². The molecular weight excluding hydrogens is 418 g/mol. The topological polar surface area (TPSA) is 85.2 Å². The molecule has 0 spiro atoms. The Morgan fingerprint density at radius 3 is 2.48 bits per heavy atom. The summed E-state index contributed by atoms with van der Waals surface area (Å²) in [6, 6.07) is 10.8. The molecule has 6 heteroatoms. The van der Waals surface area contributed by atoms with E-state index in [4.69, 9.17) is 9.47 Å². The molecule has 2 aromatic carbocycles. The molecule has 3 rings (SSSR count). The van der Waals surface area contributed by atoms with E-state index in [0.29, 0.717) is 12.4 Å². The molecule has 0 saturated carbocycles. The fourth-order valence-electron chi connectivity index (χ4n) is 3.68. The molecule has 0 amide bonds. The number of aliphatic imine (C=N–C) groups is 1. The zero-order valence-electron chi connectivity index (χ0n) is 19.8. The van der Waals surface area contributed by atoms with Crippen molar-refractivity contribution in [1.82, 2.24) is 0 Å². The number of allylic oxidation sites excluding steroid dienone is 1. The van der Waals surface area contributed by atoms with Crippen LogP contribution in [0.5, 0.6) is 5.75 Å². The van der Waals surface area contributed by atoms with Gasteiger partial charge in [-0.1, -0.05) is 19.1 Å². The van der Waals surface area contributed by atoms with Crippen LogP contribution in [0.25, 0.3) is 11.1 Å². The van der Waals surface area contributed by atoms with E-state index >= 15 is 0 Å². The number of carbonyl (C=O) groups is 2. The van der Waals surface area contributed by atoms with Gasteiger partial charge in [-0.3, -0.25) is 4.99 Å². The fraction of sp³-hybridized carbons (Fsp3) is 0.370. The van der Waals surface area contributed by atoms with Crippen LogP contribution in [0.4, 0.5) is 0 Å². The molecular formula is C27H31NO5. The molecule has 1 unspecified atom stereocenters. The van der Waals surface area contributed by atoms with Crippen molar-refractivity contribution in [2.75, 3.05) is 6.61 Å². The van der Waals surface area contributed by atoms with E-state index in [1.165, 1.54) is 0 Å². The fourth-order valence-corrected chi connectivity index (χ4v) is 3.68. The molecule has 33 heavy (non-hydrogen) atoms. The van der Waals surface area contributed by atoms with Gasteiger partial charge in [0.2, 0.25) is 0 Å². The van der Waals surface area contributed by atoms with Crippen molar-refractivity contribution in [3.8, 4) is 16.9 Å². The lowest BCUT2D eigenvalue weighted by Crippen LogP contribution is -2.41. The molecule has 1 N–H and O–H groups in total. The van der Waals surface area contributed by atoms with Crippen LogP contribution in [0.15, 0.2) is 53.5 Å². The van der Waals surface area contributed by atoms with Crippen LogP contribution in [0.3, 0.4) is 0 Å². The van der Waals surface area contributed by atoms with E-state index in [1.807, 2.05) is 52.8 Å². The number of nitrogens with zero attached hydrogens (tertiary/aromatic N) is 1. The molecule has 0 bridgehead atoms. The average Bonchev–Trinajstić information content (AvgIpc) is 3.21. The number of hydrogen-bond donors (Lipinski definition) is 1. The van der Waals surface area contributed by atoms with Crippen molar-refractivity contribution in [2.45, 2.75) is 58.6 Å². The average molecular weight is 450 g/mol. The van der Waals surface area contributed by atoms with E-state index in [1.54, 1.807) is 36.6 Å². The highest BCUT2D eigenvalue weighted by Crippen LogP contribution is 2.35. The van der Waals surface area contributed by atoms with Gasteiger partial charge in [-0.25, -0.2) is 9.59 Å². The van der Waals surface area contributed by atoms with E-state index in [2.05, 4.69) is 4.99 Å². The van der Waals surface area contributed by atoms with E-state index in [9.17, 15) is 14.7 Å². The molecule has 0 fully saturated rings. The molecule has 0 aliphatic carbocycles. The number of rotatable bonds is 8. The maximum Gasteiger partial charge on any atom is 0.338 e. The highest BCUT2D eigenvalue weighted by atomic mass is 16.6. The molecule has 1 aliphatic heterocycles. The minimum absolute atomic E-state index is 0.219. The van der Waals surface area contributed by atoms with Crippen molar-refractivity contribution in [3.63, 3.8) is 0 Å². The van der Waals surface area contributed by atoms with Crippen LogP contribution in [-0.4, -0.2) is 41.0 Å². The summed E-state index contributed by atoms with van der Waals surface area (Å²) in [5.41, 5.74) is 1.82. The van der Waals surface area contributed by atoms with Gasteiger partial charge in [0.05, 0.1) is 12.2 Å². The molecule has 174 valence electrons. The lowest BCUT2D eigenvalue weighted by atomic mass is 9.88. The van der Waals surface area contributed by atoms with Gasteiger partial charge >= 0.3 is 11.9 Å². The zero-order valence-corrected chi connectivity index (χ0v) is 19.8. The van der Waals surface area contributed by atoms with Crippen LogP contribution < -0.4 is 4.74 Å². The van der Waals surface area contributed by atoms with Crippen molar-refractivity contribution >= 4 is 18.2 Å². The first-order chi connectivity index (χ1) is 15.5. The first-order valence-corrected chi connectivity index (χ1v) is 11.1. The van der Waals surface area contributed by atoms with Crippen molar-refractivity contribution in [2.24, 2.45) is 4.99 Å². The molecule has 0 saturated heterocycles. The van der Waals surface area contributed by atoms with Gasteiger partial charge < -0.3 is 14.6 Å². The Kier molecular flexibility index (Phi) is 7.06. The Labute approximate surface area is 195 Å². The van der Waals surface area contributed by atoms with Crippen molar-refractivity contribution in [1.29, 1.82) is 0 Å². The van der Waals surface area contributed by atoms with Crippen LogP contribution >= 0.6 is 0 Å². The quantitative estimate of drug-likeness (QED) is 0.545. The summed E-state index contributed by atoms with van der Waals surface area (Å²) >= 11 is 0. The minimum Gasteiger partial charge on any atom is -0.493 e. The Hall–Kier alpha value is -3.41. The predicted molar refractivity (Wildman–Crippen MR) is 129 cm³/mol. The number of esters is 1. The second kappa shape index (κ2) is 9.61. The standard InChI is InChI=1S/C27H31NO5/c1-6-14-32-23-11-10-19(22-16-20(24(29)30)9-8-18(22)2)15-21(23)17-27(12-7-13-28-27)25(31)33-26(3,4)5/h7-13,15-16H,6,14,17H2,1-5H3,(H,29,30). The molecule has 2 aromatic rings. The maximum absolute atomic E-state index is 13.1. The molecule has 0 radical (unpaired) electrons. The number of ether oxygens (including phenoxy) is 2. The summed E-state index contributed by atoms with van der Waals surface area (Å²) < 4.78 is 11.7. The van der Waals surface area contributed by atoms with Crippen LogP contribution in [-0.2, 0) is 16.0 Å². The minimum atomic E-state index is -1.17. The zero-order chi connectivity index (χ0) is 24.2. The van der Waals surface area contributed by atoms with Gasteiger partial charge in [0.15, 0.2) is 5.54 Å². The number of aromatic carboxylic acids is 1. The van der Waals surface area contributed by atoms with Gasteiger partial charge in [0.25, 0.3) is 0 Å². The van der Waals surface area contributed by atoms with Crippen molar-refractivity contribution in [3.05, 3.63) is 65.2 Å². The van der Waals surface area contributed by atoms with Crippen LogP contribution in [0, 0.1) is 6.92 Å². The third-order valence-electron chi connectivity index (χ3n) is 5.29. The monoisotopic (exact) mass is 449 g/mol. The summed E-state index contributed by atoms with van der Waals surface area (Å²) in [4.78, 5) is 29.1. The van der Waals surface area contributed by atoms with Gasteiger partial charge in [-0.15, -0.1) is 0 Å². The second-order valence-electron chi connectivity index (χ2n) is 9.25. The lowest BCUT2D eigenvalue weighted by Gasteiger charge is -2.28. The Morgan fingerprint density at radius 1 is 1.12 bits per heavy atom. The summed E-state index contributed by atoms with van der Waals surface area (Å²) in [6.45, 7) is 9.99. The first-order valence-electron chi connectivity index (χ1n) is 11.1. The Morgan fingerprint density at radius 2 is 1.88 bits per heavy atom. The number of carboxylic acids is 1. The predicted octanol–water partition coefficient (Wildman–Crippen LogP) is 5.41. The number of carboxylic acid groups (broad SMARTS) is 1. The van der Waals surface area contributed by atoms with Gasteiger partial charge in [-0.05, 0) is 92.8 Å². The molecule has 6 nitrogen and oxygen atoms in total. The number of hydrogen-bond acceptors (Lipinski definition) is 5. The summed E-state index contributed by atoms with van der Waals surface area (Å²) in [6.07, 6.45) is 6.23. The summed E-state index contributed by atoms with van der Waals surface area (Å²) in [5.74, 6) is -0.726. The summed E-state index contributed by atoms with van der Waals surface area (Å²) in [5, 5.41) is 9.43. The van der Waals surface area contributed by atoms with E-state index in [-0.39, 0.29) is 12.0 Å². The van der Waals surface area contributed by atoms with Gasteiger partial charge in [-0.2, -0.15) is 0 Å². The molecule has 1 aliphatic rings. The normalized spacial score (nSPS) is 17.2. The summed E-state index contributed by atoms with van der Waals surface area (Å²) in [7, 11) is 0. The largest absolute Gasteiger partial charge is 0.493 e. The van der Waals surface area contributed by atoms with Crippen molar-refractivity contribution < 1.29 is 24.2 Å². The van der Waals surface area contributed by atoms with Gasteiger partial charge in [0, 0.05) is 12.6 Å². The molecule has 1 atom stereocenters. The third kappa shape index (κ3) is 5.69. The SMILES string of the molecule is CCCOc1ccc(-c2cc(C(=O)O)ccc2C)cc1CC1(C(=O)OC(C)(C)C)C=CC=N1. The Balaban J connectivity index is 2.07. The highest BCUT2D eigenvalue weighted by Gasteiger charge is 2.41. The maximum atomic E-state index is 13.1. The van der Waals surface area contributed by atoms with E-state index in [0.717, 1.165) is 28.7 Å². The number of aryl methyl sites for hydroxylation is 1. The lowest BCUT2D eigenvalue weighted by molar-refractivity contribution is -0.159. The van der Waals surface area contributed by atoms with Crippen LogP contribution in [0.2, 0.25) is 0 Å². The van der Waals surface area contributed by atoms with E-state index < -0.39 is 23.1 Å². The number of benzene rings is 2. The smallest absolute Gasteiger partial charge is 0.338 e.